The van der Waals surface area contributed by atoms with Gasteiger partial charge >= 0.3 is 0 Å². The molecule has 7 nitrogen and oxygen atoms in total. The molecular weight excluding hydrogens is 497 g/mol. The van der Waals surface area contributed by atoms with Crippen molar-refractivity contribution in [1.29, 1.82) is 0 Å². The summed E-state index contributed by atoms with van der Waals surface area (Å²) in [7, 11) is -4.16. The molecular formula is C24H25Cl2N3O4S. The first-order valence-corrected chi connectivity index (χ1v) is 13.3. The molecule has 0 bridgehead atoms. The molecule has 2 aliphatic rings. The average molecular weight is 522 g/mol. The van der Waals surface area contributed by atoms with E-state index in [1.165, 1.54) is 30.6 Å². The Morgan fingerprint density at radius 2 is 1.79 bits per heavy atom. The van der Waals surface area contributed by atoms with Crippen LogP contribution in [0.4, 0.5) is 0 Å². The zero-order chi connectivity index (χ0) is 24.3. The van der Waals surface area contributed by atoms with Crippen molar-refractivity contribution in [2.24, 2.45) is 0 Å². The Hall–Kier alpha value is -2.55. The Morgan fingerprint density at radius 1 is 1.03 bits per heavy atom. The summed E-state index contributed by atoms with van der Waals surface area (Å²) in [5, 5.41) is 2.82. The lowest BCUT2D eigenvalue weighted by molar-refractivity contribution is -0.137. The van der Waals surface area contributed by atoms with Crippen LogP contribution in [0.2, 0.25) is 10.0 Å². The first kappa shape index (κ1) is 24.6. The lowest BCUT2D eigenvalue weighted by Gasteiger charge is -2.35. The molecule has 10 heteroatoms. The van der Waals surface area contributed by atoms with Crippen LogP contribution in [0.1, 0.15) is 43.7 Å². The highest BCUT2D eigenvalue weighted by atomic mass is 35.5. The van der Waals surface area contributed by atoms with E-state index in [1.54, 1.807) is 4.90 Å². The van der Waals surface area contributed by atoms with Gasteiger partial charge in [0.25, 0.3) is 10.0 Å². The fourth-order valence-electron chi connectivity index (χ4n) is 4.41. The number of amides is 2. The van der Waals surface area contributed by atoms with Gasteiger partial charge in [0.2, 0.25) is 11.8 Å². The molecule has 1 saturated heterocycles. The zero-order valence-electron chi connectivity index (χ0n) is 18.4. The molecule has 2 atom stereocenters. The van der Waals surface area contributed by atoms with Gasteiger partial charge in [-0.2, -0.15) is 0 Å². The highest BCUT2D eigenvalue weighted by molar-refractivity contribution is 7.89. The second-order valence-electron chi connectivity index (χ2n) is 8.32. The molecule has 2 amide bonds. The minimum atomic E-state index is -4.16. The number of carbonyl (C=O) groups excluding carboxylic acids is 2. The Morgan fingerprint density at radius 3 is 2.53 bits per heavy atom. The third kappa shape index (κ3) is 5.09. The van der Waals surface area contributed by atoms with E-state index in [0.29, 0.717) is 6.54 Å². The summed E-state index contributed by atoms with van der Waals surface area (Å²) in [4.78, 5) is 27.9. The third-order valence-corrected chi connectivity index (χ3v) is 8.67. The summed E-state index contributed by atoms with van der Waals surface area (Å²) in [6, 6.07) is 12.4. The summed E-state index contributed by atoms with van der Waals surface area (Å²) in [5.74, 6) is -0.828. The molecule has 2 aromatic rings. The van der Waals surface area contributed by atoms with Gasteiger partial charge in [-0.05, 0) is 36.6 Å². The van der Waals surface area contributed by atoms with Gasteiger partial charge < -0.3 is 10.2 Å². The molecule has 0 radical (unpaired) electrons. The van der Waals surface area contributed by atoms with E-state index in [2.05, 4.69) is 5.32 Å². The van der Waals surface area contributed by atoms with Crippen molar-refractivity contribution < 1.29 is 18.0 Å². The van der Waals surface area contributed by atoms with Crippen molar-refractivity contribution in [1.82, 2.24) is 14.5 Å². The van der Waals surface area contributed by atoms with Crippen molar-refractivity contribution in [3.8, 4) is 0 Å². The number of benzene rings is 2. The highest BCUT2D eigenvalue weighted by Gasteiger charge is 2.39. The smallest absolute Gasteiger partial charge is 0.264 e. The SMILES string of the molecule is O=C1NC=CN(S(=O)(=O)c2ccc(Cl)c(Cl)c2)[C@@H]1CC(=O)N1CCCCC[C@H]1c1ccccc1. The van der Waals surface area contributed by atoms with Crippen molar-refractivity contribution in [2.75, 3.05) is 6.54 Å². The van der Waals surface area contributed by atoms with E-state index >= 15 is 0 Å². The number of rotatable bonds is 5. The van der Waals surface area contributed by atoms with E-state index in [4.69, 9.17) is 23.2 Å². The van der Waals surface area contributed by atoms with E-state index < -0.39 is 22.0 Å². The minimum absolute atomic E-state index is 0.0797. The quantitative estimate of drug-likeness (QED) is 0.627. The second-order valence-corrected chi connectivity index (χ2v) is 11.0. The van der Waals surface area contributed by atoms with Crippen molar-refractivity contribution in [3.05, 3.63) is 76.5 Å². The van der Waals surface area contributed by atoms with Crippen molar-refractivity contribution in [2.45, 2.75) is 49.1 Å². The fourth-order valence-corrected chi connectivity index (χ4v) is 6.25. The molecule has 0 aliphatic carbocycles. The van der Waals surface area contributed by atoms with Gasteiger partial charge in [-0.3, -0.25) is 13.9 Å². The van der Waals surface area contributed by atoms with Crippen LogP contribution in [0, 0.1) is 0 Å². The van der Waals surface area contributed by atoms with Gasteiger partial charge in [0, 0.05) is 18.9 Å². The number of likely N-dealkylation sites (tertiary alicyclic amines) is 1. The Labute approximate surface area is 209 Å². The maximum Gasteiger partial charge on any atom is 0.264 e. The predicted octanol–water partition coefficient (Wildman–Crippen LogP) is 4.49. The van der Waals surface area contributed by atoms with Gasteiger partial charge in [-0.15, -0.1) is 0 Å². The molecule has 180 valence electrons. The first-order chi connectivity index (χ1) is 16.3. The Kier molecular flexibility index (Phi) is 7.50. The lowest BCUT2D eigenvalue weighted by Crippen LogP contribution is -2.51. The Balaban J connectivity index is 1.62. The van der Waals surface area contributed by atoms with Crippen LogP contribution in [-0.2, 0) is 19.6 Å². The molecule has 2 aliphatic heterocycles. The summed E-state index contributed by atoms with van der Waals surface area (Å²) in [6.07, 6.45) is 5.91. The molecule has 1 fully saturated rings. The third-order valence-electron chi connectivity index (χ3n) is 6.15. The number of nitrogens with zero attached hydrogens (tertiary/aromatic N) is 2. The fraction of sp³-hybridized carbons (Fsp3) is 0.333. The van der Waals surface area contributed by atoms with E-state index in [0.717, 1.165) is 35.6 Å². The van der Waals surface area contributed by atoms with Crippen LogP contribution >= 0.6 is 23.2 Å². The maximum atomic E-state index is 13.5. The molecule has 2 heterocycles. The standard InChI is InChI=1S/C24H25Cl2N3O4S/c25-19-11-10-18(15-20(19)26)34(32,33)29-14-12-27-24(31)22(29)16-23(30)28-13-6-2-5-9-21(28)17-7-3-1-4-8-17/h1,3-4,7-8,10-12,14-15,21-22H,2,5-6,9,13,16H2,(H,27,31)/t21-,22+/m0/s1. The largest absolute Gasteiger partial charge is 0.336 e. The van der Waals surface area contributed by atoms with Gasteiger partial charge in [-0.1, -0.05) is 66.4 Å². The van der Waals surface area contributed by atoms with Crippen molar-refractivity contribution >= 4 is 45.0 Å². The molecule has 0 aromatic heterocycles. The normalized spacial score (nSPS) is 21.2. The molecule has 34 heavy (non-hydrogen) atoms. The molecule has 1 N–H and O–H groups in total. The van der Waals surface area contributed by atoms with Gasteiger partial charge in [-0.25, -0.2) is 8.42 Å². The van der Waals surface area contributed by atoms with E-state index in [1.807, 2.05) is 30.3 Å². The highest BCUT2D eigenvalue weighted by Crippen LogP contribution is 2.32. The minimum Gasteiger partial charge on any atom is -0.336 e. The average Bonchev–Trinajstić information content (AvgIpc) is 3.09. The van der Waals surface area contributed by atoms with Crippen LogP contribution in [0.25, 0.3) is 0 Å². The molecule has 2 aromatic carbocycles. The number of hydrogen-bond acceptors (Lipinski definition) is 4. The number of carbonyl (C=O) groups is 2. The number of halogens is 2. The summed E-state index contributed by atoms with van der Waals surface area (Å²) in [6.45, 7) is 0.558. The van der Waals surface area contributed by atoms with Gasteiger partial charge in [0.1, 0.15) is 6.04 Å². The van der Waals surface area contributed by atoms with Gasteiger partial charge in [0.15, 0.2) is 0 Å². The van der Waals surface area contributed by atoms with Crippen LogP contribution in [-0.4, -0.2) is 42.0 Å². The van der Waals surface area contributed by atoms with E-state index in [-0.39, 0.29) is 33.3 Å². The van der Waals surface area contributed by atoms with Crippen LogP contribution in [0.5, 0.6) is 0 Å². The molecule has 0 saturated carbocycles. The molecule has 0 unspecified atom stereocenters. The monoisotopic (exact) mass is 521 g/mol. The summed E-state index contributed by atoms with van der Waals surface area (Å²) < 4.78 is 27.7. The number of hydrogen-bond donors (Lipinski definition) is 1. The van der Waals surface area contributed by atoms with Crippen molar-refractivity contribution in [3.63, 3.8) is 0 Å². The topological polar surface area (TPSA) is 86.8 Å². The second kappa shape index (κ2) is 10.4. The summed E-state index contributed by atoms with van der Waals surface area (Å²) in [5.41, 5.74) is 1.03. The molecule has 4 rings (SSSR count). The number of sulfonamides is 1. The molecule has 0 spiro atoms. The maximum absolute atomic E-state index is 13.5. The van der Waals surface area contributed by atoms with E-state index in [9.17, 15) is 18.0 Å². The summed E-state index contributed by atoms with van der Waals surface area (Å²) >= 11 is 12.0. The lowest BCUT2D eigenvalue weighted by atomic mass is 10.00. The van der Waals surface area contributed by atoms with Crippen LogP contribution < -0.4 is 5.32 Å². The van der Waals surface area contributed by atoms with Crippen LogP contribution in [0.15, 0.2) is 65.8 Å². The number of nitrogens with one attached hydrogen (secondary N) is 1. The predicted molar refractivity (Wildman–Crippen MR) is 131 cm³/mol. The zero-order valence-corrected chi connectivity index (χ0v) is 20.7. The van der Waals surface area contributed by atoms with Gasteiger partial charge in [0.05, 0.1) is 27.4 Å². The first-order valence-electron chi connectivity index (χ1n) is 11.1. The Bertz CT molecular complexity index is 1200. The van der Waals surface area contributed by atoms with Crippen LogP contribution in [0.3, 0.4) is 0 Å².